The molecule has 1 unspecified atom stereocenters. The molecule has 4 heteroatoms. The van der Waals surface area contributed by atoms with Crippen LogP contribution in [0.15, 0.2) is 30.3 Å². The molecular formula is C14H19NO3. The molecule has 0 aliphatic carbocycles. The fraction of sp³-hybridized carbons (Fsp3) is 0.500. The van der Waals surface area contributed by atoms with Crippen molar-refractivity contribution in [3.8, 4) is 0 Å². The average molecular weight is 249 g/mol. The summed E-state index contributed by atoms with van der Waals surface area (Å²) in [6.07, 6.45) is 1.73. The van der Waals surface area contributed by atoms with Gasteiger partial charge >= 0.3 is 6.09 Å². The van der Waals surface area contributed by atoms with Crippen LogP contribution in [0.1, 0.15) is 25.3 Å². The van der Waals surface area contributed by atoms with Crippen molar-refractivity contribution in [1.29, 1.82) is 0 Å². The second kappa shape index (κ2) is 5.40. The summed E-state index contributed by atoms with van der Waals surface area (Å²) >= 11 is 0. The first-order chi connectivity index (χ1) is 8.59. The highest BCUT2D eigenvalue weighted by atomic mass is 16.6. The number of hydrogen-bond donors (Lipinski definition) is 1. The van der Waals surface area contributed by atoms with Crippen molar-refractivity contribution in [2.75, 3.05) is 19.7 Å². The molecule has 1 aliphatic rings. The summed E-state index contributed by atoms with van der Waals surface area (Å²) < 4.78 is 5.18. The normalized spacial score (nSPS) is 18.4. The van der Waals surface area contributed by atoms with Crippen molar-refractivity contribution < 1.29 is 14.6 Å². The maximum absolute atomic E-state index is 11.7. The monoisotopic (exact) mass is 249 g/mol. The van der Waals surface area contributed by atoms with Crippen molar-refractivity contribution in [3.63, 3.8) is 0 Å². The van der Waals surface area contributed by atoms with Crippen molar-refractivity contribution in [2.24, 2.45) is 0 Å². The van der Waals surface area contributed by atoms with Gasteiger partial charge < -0.3 is 14.7 Å². The lowest BCUT2D eigenvalue weighted by Gasteiger charge is -2.25. The molecule has 0 bridgehead atoms. The van der Waals surface area contributed by atoms with Gasteiger partial charge in [-0.25, -0.2) is 4.79 Å². The average Bonchev–Trinajstić information content (AvgIpc) is 2.91. The van der Waals surface area contributed by atoms with Crippen LogP contribution in [0.2, 0.25) is 0 Å². The first-order valence-corrected chi connectivity index (χ1v) is 6.29. The molecule has 0 spiro atoms. The number of rotatable bonds is 3. The van der Waals surface area contributed by atoms with Crippen LogP contribution >= 0.6 is 0 Å². The van der Waals surface area contributed by atoms with E-state index in [0.717, 1.165) is 31.5 Å². The molecule has 1 N–H and O–H groups in total. The Morgan fingerprint density at radius 1 is 1.33 bits per heavy atom. The van der Waals surface area contributed by atoms with E-state index in [9.17, 15) is 9.90 Å². The first kappa shape index (κ1) is 12.9. The molecule has 98 valence electrons. The minimum absolute atomic E-state index is 0.0215. The zero-order valence-corrected chi connectivity index (χ0v) is 10.6. The molecule has 1 aromatic rings. The summed E-state index contributed by atoms with van der Waals surface area (Å²) in [5, 5.41) is 10.3. The molecule has 4 nitrogen and oxygen atoms in total. The summed E-state index contributed by atoms with van der Waals surface area (Å²) in [4.78, 5) is 13.4. The standard InChI is InChI=1S/C14H19NO3/c1-14(17,12-7-3-2-4-8-12)11-18-13(16)15-9-5-6-10-15/h2-4,7-8,17H,5-6,9-11H2,1H3. The van der Waals surface area contributed by atoms with Crippen LogP contribution in [0.3, 0.4) is 0 Å². The van der Waals surface area contributed by atoms with Crippen molar-refractivity contribution in [2.45, 2.75) is 25.4 Å². The van der Waals surface area contributed by atoms with E-state index in [1.54, 1.807) is 11.8 Å². The van der Waals surface area contributed by atoms with E-state index >= 15 is 0 Å². The highest BCUT2D eigenvalue weighted by Gasteiger charge is 2.27. The molecule has 0 radical (unpaired) electrons. The molecule has 1 aromatic carbocycles. The Hall–Kier alpha value is -1.55. The SMILES string of the molecule is CC(O)(COC(=O)N1CCCC1)c1ccccc1. The summed E-state index contributed by atoms with van der Waals surface area (Å²) in [5.74, 6) is 0. The second-order valence-corrected chi connectivity index (χ2v) is 4.89. The third-order valence-electron chi connectivity index (χ3n) is 3.24. The summed E-state index contributed by atoms with van der Waals surface area (Å²) in [6.45, 7) is 3.14. The van der Waals surface area contributed by atoms with Crippen molar-refractivity contribution in [3.05, 3.63) is 35.9 Å². The molecule has 1 atom stereocenters. The zero-order valence-electron chi connectivity index (χ0n) is 10.6. The molecule has 1 saturated heterocycles. The van der Waals surface area contributed by atoms with Gasteiger partial charge in [0, 0.05) is 13.1 Å². The summed E-state index contributed by atoms with van der Waals surface area (Å²) in [7, 11) is 0. The largest absolute Gasteiger partial charge is 0.446 e. The number of carbonyl (C=O) groups is 1. The molecule has 18 heavy (non-hydrogen) atoms. The van der Waals surface area contributed by atoms with Gasteiger partial charge in [-0.05, 0) is 25.3 Å². The van der Waals surface area contributed by atoms with Gasteiger partial charge in [0.15, 0.2) is 0 Å². The van der Waals surface area contributed by atoms with Gasteiger partial charge in [0.05, 0.1) is 0 Å². The van der Waals surface area contributed by atoms with E-state index in [1.165, 1.54) is 0 Å². The lowest BCUT2D eigenvalue weighted by molar-refractivity contribution is -0.0188. The predicted molar refractivity (Wildman–Crippen MR) is 68.2 cm³/mol. The number of aliphatic hydroxyl groups is 1. The number of amides is 1. The van der Waals surface area contributed by atoms with Crippen LogP contribution in [0.25, 0.3) is 0 Å². The number of benzene rings is 1. The van der Waals surface area contributed by atoms with E-state index in [-0.39, 0.29) is 12.7 Å². The maximum Gasteiger partial charge on any atom is 0.409 e. The molecule has 1 fully saturated rings. The zero-order chi connectivity index (χ0) is 13.0. The van der Waals surface area contributed by atoms with Gasteiger partial charge in [0.2, 0.25) is 0 Å². The Labute approximate surface area is 107 Å². The number of nitrogens with zero attached hydrogens (tertiary/aromatic N) is 1. The third kappa shape index (κ3) is 3.01. The van der Waals surface area contributed by atoms with Gasteiger partial charge in [0.1, 0.15) is 12.2 Å². The quantitative estimate of drug-likeness (QED) is 0.892. The van der Waals surface area contributed by atoms with Gasteiger partial charge in [-0.1, -0.05) is 30.3 Å². The van der Waals surface area contributed by atoms with Gasteiger partial charge in [-0.3, -0.25) is 0 Å². The number of likely N-dealkylation sites (tertiary alicyclic amines) is 1. The van der Waals surface area contributed by atoms with Crippen LogP contribution in [-0.4, -0.2) is 35.8 Å². The molecule has 2 rings (SSSR count). The highest BCUT2D eigenvalue weighted by Crippen LogP contribution is 2.21. The molecule has 0 aromatic heterocycles. The Kier molecular flexibility index (Phi) is 3.87. The van der Waals surface area contributed by atoms with Crippen LogP contribution in [0.5, 0.6) is 0 Å². The fourth-order valence-corrected chi connectivity index (χ4v) is 2.07. The van der Waals surface area contributed by atoms with E-state index in [4.69, 9.17) is 4.74 Å². The maximum atomic E-state index is 11.7. The van der Waals surface area contributed by atoms with E-state index < -0.39 is 5.60 Å². The Bertz CT molecular complexity index is 397. The Morgan fingerprint density at radius 3 is 2.56 bits per heavy atom. The topological polar surface area (TPSA) is 49.8 Å². The molecule has 1 aliphatic heterocycles. The van der Waals surface area contributed by atoms with Crippen LogP contribution in [-0.2, 0) is 10.3 Å². The molecule has 1 amide bonds. The summed E-state index contributed by atoms with van der Waals surface area (Å²) in [6, 6.07) is 9.24. The molecule has 1 heterocycles. The third-order valence-corrected chi connectivity index (χ3v) is 3.24. The predicted octanol–water partition coefficient (Wildman–Crippen LogP) is 2.13. The number of hydrogen-bond acceptors (Lipinski definition) is 3. The second-order valence-electron chi connectivity index (χ2n) is 4.89. The lowest BCUT2D eigenvalue weighted by Crippen LogP contribution is -2.34. The van der Waals surface area contributed by atoms with E-state index in [0.29, 0.717) is 0 Å². The Balaban J connectivity index is 1.90. The lowest BCUT2D eigenvalue weighted by atomic mass is 9.97. The van der Waals surface area contributed by atoms with Gasteiger partial charge in [-0.15, -0.1) is 0 Å². The Morgan fingerprint density at radius 2 is 1.94 bits per heavy atom. The van der Waals surface area contributed by atoms with E-state index in [2.05, 4.69) is 0 Å². The fourth-order valence-electron chi connectivity index (χ4n) is 2.07. The minimum atomic E-state index is -1.14. The van der Waals surface area contributed by atoms with Gasteiger partial charge in [0.25, 0.3) is 0 Å². The highest BCUT2D eigenvalue weighted by molar-refractivity contribution is 5.67. The number of ether oxygens (including phenoxy) is 1. The number of carbonyl (C=O) groups excluding carboxylic acids is 1. The van der Waals surface area contributed by atoms with Gasteiger partial charge in [-0.2, -0.15) is 0 Å². The van der Waals surface area contributed by atoms with E-state index in [1.807, 2.05) is 30.3 Å². The minimum Gasteiger partial charge on any atom is -0.446 e. The first-order valence-electron chi connectivity index (χ1n) is 6.29. The molecular weight excluding hydrogens is 230 g/mol. The van der Waals surface area contributed by atoms with Crippen LogP contribution in [0, 0.1) is 0 Å². The van der Waals surface area contributed by atoms with Crippen molar-refractivity contribution in [1.82, 2.24) is 4.90 Å². The smallest absolute Gasteiger partial charge is 0.409 e. The molecule has 0 saturated carbocycles. The van der Waals surface area contributed by atoms with Crippen LogP contribution in [0.4, 0.5) is 4.79 Å². The van der Waals surface area contributed by atoms with Crippen molar-refractivity contribution >= 4 is 6.09 Å². The summed E-state index contributed by atoms with van der Waals surface area (Å²) in [5.41, 5.74) is -0.393. The van der Waals surface area contributed by atoms with Crippen LogP contribution < -0.4 is 0 Å².